The summed E-state index contributed by atoms with van der Waals surface area (Å²) in [6, 6.07) is 41.7. The molecule has 0 aliphatic heterocycles. The van der Waals surface area contributed by atoms with Gasteiger partial charge >= 0.3 is 0 Å². The first-order valence-electron chi connectivity index (χ1n) is 12.3. The lowest BCUT2D eigenvalue weighted by atomic mass is 10.0. The lowest BCUT2D eigenvalue weighted by Gasteiger charge is -2.11. The Balaban J connectivity index is 1.47. The second-order valence-electron chi connectivity index (χ2n) is 9.05. The molecule has 180 valence electrons. The molecule has 7 rings (SSSR count). The van der Waals surface area contributed by atoms with Crippen LogP contribution >= 0.6 is 27.3 Å². The van der Waals surface area contributed by atoms with E-state index in [-0.39, 0.29) is 0 Å². The molecule has 0 aliphatic rings. The van der Waals surface area contributed by atoms with Gasteiger partial charge in [0.25, 0.3) is 0 Å². The molecule has 2 aromatic heterocycles. The summed E-state index contributed by atoms with van der Waals surface area (Å²) in [5.41, 5.74) is 5.15. The Kier molecular flexibility index (Phi) is 5.80. The zero-order valence-electron chi connectivity index (χ0n) is 20.2. The summed E-state index contributed by atoms with van der Waals surface area (Å²) in [4.78, 5) is 15.0. The minimum atomic E-state index is 0.644. The Morgan fingerprint density at radius 2 is 1.08 bits per heavy atom. The van der Waals surface area contributed by atoms with Gasteiger partial charge in [-0.1, -0.05) is 107 Å². The van der Waals surface area contributed by atoms with Gasteiger partial charge in [-0.3, -0.25) is 0 Å². The summed E-state index contributed by atoms with van der Waals surface area (Å²) in [5, 5.41) is 2.48. The molecule has 3 nitrogen and oxygen atoms in total. The highest BCUT2D eigenvalue weighted by molar-refractivity contribution is 9.10. The minimum Gasteiger partial charge on any atom is -0.208 e. The Bertz CT molecular complexity index is 1930. The van der Waals surface area contributed by atoms with Gasteiger partial charge in [0.15, 0.2) is 17.5 Å². The number of benzene rings is 5. The lowest BCUT2D eigenvalue weighted by Crippen LogP contribution is -2.00. The zero-order valence-corrected chi connectivity index (χ0v) is 22.6. The normalized spacial score (nSPS) is 11.3. The number of hydrogen-bond donors (Lipinski definition) is 0. The van der Waals surface area contributed by atoms with E-state index in [1.165, 1.54) is 20.2 Å². The maximum atomic E-state index is 5.06. The van der Waals surface area contributed by atoms with Crippen molar-refractivity contribution in [2.45, 2.75) is 0 Å². The number of fused-ring (bicyclic) bond motifs is 3. The summed E-state index contributed by atoms with van der Waals surface area (Å²) >= 11 is 5.50. The third-order valence-corrected chi connectivity index (χ3v) is 8.25. The van der Waals surface area contributed by atoms with Crippen LogP contribution < -0.4 is 0 Å². The molecule has 5 aromatic carbocycles. The van der Waals surface area contributed by atoms with Crippen molar-refractivity contribution in [2.75, 3.05) is 0 Å². The van der Waals surface area contributed by atoms with E-state index in [1.807, 2.05) is 36.4 Å². The van der Waals surface area contributed by atoms with Gasteiger partial charge < -0.3 is 0 Å². The van der Waals surface area contributed by atoms with Crippen molar-refractivity contribution in [3.05, 3.63) is 126 Å². The van der Waals surface area contributed by atoms with E-state index in [0.29, 0.717) is 17.5 Å². The van der Waals surface area contributed by atoms with Crippen LogP contribution in [0, 0.1) is 0 Å². The summed E-state index contributed by atoms with van der Waals surface area (Å²) in [5.74, 6) is 1.97. The molecule has 0 saturated carbocycles. The van der Waals surface area contributed by atoms with Gasteiger partial charge in [0.1, 0.15) is 0 Å². The Morgan fingerprint density at radius 3 is 1.87 bits per heavy atom. The predicted octanol–water partition coefficient (Wildman–Crippen LogP) is 9.67. The molecule has 0 fully saturated rings. The Labute approximate surface area is 232 Å². The van der Waals surface area contributed by atoms with Gasteiger partial charge in [-0.25, -0.2) is 15.0 Å². The maximum absolute atomic E-state index is 5.06. The monoisotopic (exact) mass is 569 g/mol. The molecule has 0 amide bonds. The van der Waals surface area contributed by atoms with Gasteiger partial charge in [0, 0.05) is 41.3 Å². The summed E-state index contributed by atoms with van der Waals surface area (Å²) in [7, 11) is 0. The fourth-order valence-corrected chi connectivity index (χ4v) is 6.49. The van der Waals surface area contributed by atoms with E-state index in [9.17, 15) is 0 Å². The fraction of sp³-hybridized carbons (Fsp3) is 0. The van der Waals surface area contributed by atoms with Gasteiger partial charge in [0.05, 0.1) is 0 Å². The fourth-order valence-electron chi connectivity index (χ4n) is 4.78. The van der Waals surface area contributed by atoms with Crippen molar-refractivity contribution in [2.24, 2.45) is 0 Å². The average molecular weight is 571 g/mol. The van der Waals surface area contributed by atoms with E-state index in [2.05, 4.69) is 101 Å². The SMILES string of the molecule is Brc1cc(-c2ccccc2)cc(-c2nc(-c3ccccc3)nc(-c3cccc4c3sc3ccccc34)n2)c1. The second-order valence-corrected chi connectivity index (χ2v) is 11.0. The molecule has 0 bridgehead atoms. The van der Waals surface area contributed by atoms with E-state index in [0.717, 1.165) is 32.3 Å². The van der Waals surface area contributed by atoms with Crippen LogP contribution in [0.3, 0.4) is 0 Å². The van der Waals surface area contributed by atoms with Crippen LogP contribution in [-0.2, 0) is 0 Å². The average Bonchev–Trinajstić information content (AvgIpc) is 3.36. The molecular formula is C33H20BrN3S. The van der Waals surface area contributed by atoms with Crippen LogP contribution in [-0.4, -0.2) is 15.0 Å². The molecule has 0 atom stereocenters. The first-order valence-corrected chi connectivity index (χ1v) is 13.9. The van der Waals surface area contributed by atoms with Crippen molar-refractivity contribution >= 4 is 47.4 Å². The van der Waals surface area contributed by atoms with Crippen LogP contribution in [0.15, 0.2) is 126 Å². The number of rotatable bonds is 4. The number of halogens is 1. The quantitative estimate of drug-likeness (QED) is 0.212. The lowest BCUT2D eigenvalue weighted by molar-refractivity contribution is 1.08. The minimum absolute atomic E-state index is 0.644. The van der Waals surface area contributed by atoms with Crippen LogP contribution in [0.25, 0.3) is 65.5 Å². The highest BCUT2D eigenvalue weighted by Crippen LogP contribution is 2.39. The largest absolute Gasteiger partial charge is 0.208 e. The topological polar surface area (TPSA) is 38.7 Å². The first-order chi connectivity index (χ1) is 18.7. The molecular weight excluding hydrogens is 550 g/mol. The molecule has 2 heterocycles. The van der Waals surface area contributed by atoms with Crippen LogP contribution in [0.1, 0.15) is 0 Å². The van der Waals surface area contributed by atoms with Crippen LogP contribution in [0.2, 0.25) is 0 Å². The number of aromatic nitrogens is 3. The Morgan fingerprint density at radius 1 is 0.474 bits per heavy atom. The van der Waals surface area contributed by atoms with Crippen molar-refractivity contribution in [1.29, 1.82) is 0 Å². The smallest absolute Gasteiger partial charge is 0.165 e. The highest BCUT2D eigenvalue weighted by Gasteiger charge is 2.17. The zero-order chi connectivity index (χ0) is 25.5. The predicted molar refractivity (Wildman–Crippen MR) is 162 cm³/mol. The maximum Gasteiger partial charge on any atom is 0.165 e. The Hall–Kier alpha value is -4.19. The number of nitrogens with zero attached hydrogens (tertiary/aromatic N) is 3. The molecule has 0 N–H and O–H groups in total. The molecule has 0 saturated heterocycles. The van der Waals surface area contributed by atoms with Crippen molar-refractivity contribution in [3.63, 3.8) is 0 Å². The summed E-state index contributed by atoms with van der Waals surface area (Å²) < 4.78 is 3.42. The number of hydrogen-bond acceptors (Lipinski definition) is 4. The van der Waals surface area contributed by atoms with Gasteiger partial charge in [-0.2, -0.15) is 0 Å². The third kappa shape index (κ3) is 4.20. The van der Waals surface area contributed by atoms with Crippen LogP contribution in [0.5, 0.6) is 0 Å². The third-order valence-electron chi connectivity index (χ3n) is 6.58. The standard InChI is InChI=1S/C33H20BrN3S/c34-25-19-23(21-10-3-1-4-11-21)18-24(20-25)32-35-31(22-12-5-2-6-13-22)36-33(37-32)28-16-9-15-27-26-14-7-8-17-29(26)38-30(27)28/h1-20H. The molecule has 7 aromatic rings. The van der Waals surface area contributed by atoms with Gasteiger partial charge in [-0.15, -0.1) is 11.3 Å². The van der Waals surface area contributed by atoms with E-state index < -0.39 is 0 Å². The molecule has 0 radical (unpaired) electrons. The summed E-state index contributed by atoms with van der Waals surface area (Å²) in [6.07, 6.45) is 0. The van der Waals surface area contributed by atoms with Crippen molar-refractivity contribution in [3.8, 4) is 45.3 Å². The second kappa shape index (κ2) is 9.60. The molecule has 0 aliphatic carbocycles. The molecule has 0 unspecified atom stereocenters. The van der Waals surface area contributed by atoms with Gasteiger partial charge in [0.2, 0.25) is 0 Å². The van der Waals surface area contributed by atoms with E-state index >= 15 is 0 Å². The van der Waals surface area contributed by atoms with Crippen molar-refractivity contribution < 1.29 is 0 Å². The van der Waals surface area contributed by atoms with Crippen molar-refractivity contribution in [1.82, 2.24) is 15.0 Å². The molecule has 5 heteroatoms. The van der Waals surface area contributed by atoms with E-state index in [4.69, 9.17) is 15.0 Å². The summed E-state index contributed by atoms with van der Waals surface area (Å²) in [6.45, 7) is 0. The first kappa shape index (κ1) is 23.0. The molecule has 0 spiro atoms. The van der Waals surface area contributed by atoms with Gasteiger partial charge in [-0.05, 0) is 41.5 Å². The van der Waals surface area contributed by atoms with E-state index in [1.54, 1.807) is 11.3 Å². The van der Waals surface area contributed by atoms with Crippen LogP contribution in [0.4, 0.5) is 0 Å². The highest BCUT2D eigenvalue weighted by atomic mass is 79.9. The number of thiophene rings is 1. The molecule has 38 heavy (non-hydrogen) atoms.